The highest BCUT2D eigenvalue weighted by atomic mass is 32.1. The van der Waals surface area contributed by atoms with Crippen LogP contribution in [0.3, 0.4) is 0 Å². The Morgan fingerprint density at radius 2 is 1.86 bits per heavy atom. The summed E-state index contributed by atoms with van der Waals surface area (Å²) in [6, 6.07) is 4.18. The van der Waals surface area contributed by atoms with E-state index in [2.05, 4.69) is 17.5 Å². The van der Waals surface area contributed by atoms with Gasteiger partial charge in [-0.3, -0.25) is 9.59 Å². The average molecular weight is 306 g/mol. The van der Waals surface area contributed by atoms with Gasteiger partial charge in [-0.2, -0.15) is 0 Å². The molecule has 0 bridgehead atoms. The van der Waals surface area contributed by atoms with Crippen molar-refractivity contribution in [3.63, 3.8) is 0 Å². The molecule has 0 spiro atoms. The van der Waals surface area contributed by atoms with E-state index in [1.807, 2.05) is 23.6 Å². The normalized spacial score (nSPS) is 25.3. The summed E-state index contributed by atoms with van der Waals surface area (Å²) in [4.78, 5) is 29.6. The van der Waals surface area contributed by atoms with Crippen molar-refractivity contribution in [2.24, 2.45) is 11.8 Å². The summed E-state index contributed by atoms with van der Waals surface area (Å²) in [7, 11) is 0. The van der Waals surface area contributed by atoms with Gasteiger partial charge in [0.15, 0.2) is 0 Å². The molecule has 4 nitrogen and oxygen atoms in total. The second-order valence-corrected chi connectivity index (χ2v) is 7.25. The third-order valence-electron chi connectivity index (χ3n) is 4.41. The molecule has 3 rings (SSSR count). The Morgan fingerprint density at radius 3 is 2.43 bits per heavy atom. The molecule has 2 unspecified atom stereocenters. The van der Waals surface area contributed by atoms with E-state index < -0.39 is 0 Å². The Kier molecular flexibility index (Phi) is 4.02. The van der Waals surface area contributed by atoms with Crippen LogP contribution >= 0.6 is 11.3 Å². The third kappa shape index (κ3) is 2.98. The van der Waals surface area contributed by atoms with Crippen molar-refractivity contribution < 1.29 is 9.59 Å². The van der Waals surface area contributed by atoms with E-state index in [0.717, 1.165) is 6.42 Å². The summed E-state index contributed by atoms with van der Waals surface area (Å²) < 4.78 is 0. The Bertz CT molecular complexity index is 518. The predicted octanol–water partition coefficient (Wildman–Crippen LogP) is 2.18. The van der Waals surface area contributed by atoms with Crippen LogP contribution in [-0.2, 0) is 9.59 Å². The molecule has 1 aromatic heterocycles. The molecule has 2 heterocycles. The number of thiophene rings is 1. The first-order valence-corrected chi connectivity index (χ1v) is 8.57. The molecular formula is C16H22N2O2S. The second-order valence-electron chi connectivity index (χ2n) is 6.27. The zero-order valence-corrected chi connectivity index (χ0v) is 13.4. The molecule has 2 atom stereocenters. The van der Waals surface area contributed by atoms with Crippen molar-refractivity contribution in [3.8, 4) is 0 Å². The minimum atomic E-state index is 0.0406. The van der Waals surface area contributed by atoms with Gasteiger partial charge in [-0.25, -0.2) is 0 Å². The topological polar surface area (TPSA) is 40.6 Å². The van der Waals surface area contributed by atoms with Crippen LogP contribution in [0.25, 0.3) is 0 Å². The van der Waals surface area contributed by atoms with Crippen LogP contribution in [0.1, 0.15) is 31.1 Å². The van der Waals surface area contributed by atoms with Crippen LogP contribution in [-0.4, -0.2) is 47.8 Å². The van der Waals surface area contributed by atoms with Crippen molar-refractivity contribution in [2.45, 2.75) is 26.2 Å². The minimum Gasteiger partial charge on any atom is -0.339 e. The zero-order valence-electron chi connectivity index (χ0n) is 12.6. The number of amides is 2. The molecule has 1 saturated carbocycles. The molecular weight excluding hydrogens is 284 g/mol. The lowest BCUT2D eigenvalue weighted by Crippen LogP contribution is -2.52. The molecule has 2 fully saturated rings. The largest absolute Gasteiger partial charge is 0.339 e. The SMILES string of the molecule is CC(C)C(=O)N1CCN(C(=O)C2CC2c2cccs2)CC1. The van der Waals surface area contributed by atoms with Gasteiger partial charge in [0.2, 0.25) is 11.8 Å². The summed E-state index contributed by atoms with van der Waals surface area (Å²) in [5.74, 6) is 1.14. The average Bonchev–Trinajstić information content (AvgIpc) is 3.11. The molecule has 2 aliphatic rings. The van der Waals surface area contributed by atoms with Crippen LogP contribution in [0.4, 0.5) is 0 Å². The molecule has 1 aromatic rings. The van der Waals surface area contributed by atoms with Gasteiger partial charge in [0.25, 0.3) is 0 Å². The molecule has 0 aromatic carbocycles. The molecule has 1 aliphatic heterocycles. The molecule has 1 aliphatic carbocycles. The van der Waals surface area contributed by atoms with Crippen LogP contribution in [0.2, 0.25) is 0 Å². The molecule has 0 radical (unpaired) electrons. The highest BCUT2D eigenvalue weighted by Crippen LogP contribution is 2.50. The van der Waals surface area contributed by atoms with E-state index in [1.165, 1.54) is 4.88 Å². The van der Waals surface area contributed by atoms with Crippen molar-refractivity contribution in [2.75, 3.05) is 26.2 Å². The summed E-state index contributed by atoms with van der Waals surface area (Å²) >= 11 is 1.75. The van der Waals surface area contributed by atoms with E-state index in [4.69, 9.17) is 0 Å². The first-order valence-electron chi connectivity index (χ1n) is 7.69. The molecule has 21 heavy (non-hydrogen) atoms. The maximum absolute atomic E-state index is 12.5. The number of carbonyl (C=O) groups is 2. The third-order valence-corrected chi connectivity index (χ3v) is 5.42. The predicted molar refractivity (Wildman–Crippen MR) is 83.2 cm³/mol. The van der Waals surface area contributed by atoms with Crippen LogP contribution < -0.4 is 0 Å². The fraction of sp³-hybridized carbons (Fsp3) is 0.625. The zero-order chi connectivity index (χ0) is 15.0. The Labute approximate surface area is 129 Å². The van der Waals surface area contributed by atoms with E-state index in [9.17, 15) is 9.59 Å². The van der Waals surface area contributed by atoms with Crippen LogP contribution in [0.15, 0.2) is 17.5 Å². The standard InChI is InChI=1S/C16H22N2O2S/c1-11(2)15(19)17-5-7-18(8-6-17)16(20)13-10-12(13)14-4-3-9-21-14/h3-4,9,11-13H,5-8,10H2,1-2H3. The molecule has 2 amide bonds. The Balaban J connectivity index is 1.51. The van der Waals surface area contributed by atoms with E-state index in [-0.39, 0.29) is 23.7 Å². The summed E-state index contributed by atoms with van der Waals surface area (Å²) in [6.45, 7) is 6.58. The summed E-state index contributed by atoms with van der Waals surface area (Å²) in [5, 5.41) is 2.07. The monoisotopic (exact) mass is 306 g/mol. The highest BCUT2D eigenvalue weighted by Gasteiger charge is 2.46. The van der Waals surface area contributed by atoms with Gasteiger partial charge in [-0.1, -0.05) is 19.9 Å². The van der Waals surface area contributed by atoms with Gasteiger partial charge in [0.05, 0.1) is 0 Å². The lowest BCUT2D eigenvalue weighted by molar-refractivity contribution is -0.142. The second kappa shape index (κ2) is 5.79. The highest BCUT2D eigenvalue weighted by molar-refractivity contribution is 7.10. The molecule has 5 heteroatoms. The van der Waals surface area contributed by atoms with Crippen LogP contribution in [0, 0.1) is 11.8 Å². The van der Waals surface area contributed by atoms with Crippen molar-refractivity contribution >= 4 is 23.2 Å². The number of hydrogen-bond donors (Lipinski definition) is 0. The van der Waals surface area contributed by atoms with Gasteiger partial charge in [0.1, 0.15) is 0 Å². The van der Waals surface area contributed by atoms with Gasteiger partial charge >= 0.3 is 0 Å². The fourth-order valence-electron chi connectivity index (χ4n) is 3.03. The smallest absolute Gasteiger partial charge is 0.226 e. The molecule has 114 valence electrons. The number of rotatable bonds is 3. The number of nitrogens with zero attached hydrogens (tertiary/aromatic N) is 2. The molecule has 1 saturated heterocycles. The lowest BCUT2D eigenvalue weighted by atomic mass is 10.1. The van der Waals surface area contributed by atoms with Gasteiger partial charge in [-0.15, -0.1) is 11.3 Å². The van der Waals surface area contributed by atoms with Crippen molar-refractivity contribution in [3.05, 3.63) is 22.4 Å². The minimum absolute atomic E-state index is 0.0406. The van der Waals surface area contributed by atoms with E-state index >= 15 is 0 Å². The summed E-state index contributed by atoms with van der Waals surface area (Å²) in [6.07, 6.45) is 0.991. The Morgan fingerprint density at radius 1 is 1.19 bits per heavy atom. The maximum atomic E-state index is 12.5. The lowest BCUT2D eigenvalue weighted by Gasteiger charge is -2.35. The number of carbonyl (C=O) groups excluding carboxylic acids is 2. The van der Waals surface area contributed by atoms with Crippen LogP contribution in [0.5, 0.6) is 0 Å². The summed E-state index contributed by atoms with van der Waals surface area (Å²) in [5.41, 5.74) is 0. The maximum Gasteiger partial charge on any atom is 0.226 e. The van der Waals surface area contributed by atoms with Gasteiger partial charge in [0, 0.05) is 48.8 Å². The first-order chi connectivity index (χ1) is 10.1. The van der Waals surface area contributed by atoms with E-state index in [0.29, 0.717) is 32.1 Å². The Hall–Kier alpha value is -1.36. The number of hydrogen-bond acceptors (Lipinski definition) is 3. The molecule has 0 N–H and O–H groups in total. The number of piperazine rings is 1. The van der Waals surface area contributed by atoms with Gasteiger partial charge < -0.3 is 9.80 Å². The van der Waals surface area contributed by atoms with Crippen molar-refractivity contribution in [1.29, 1.82) is 0 Å². The quantitative estimate of drug-likeness (QED) is 0.859. The van der Waals surface area contributed by atoms with Crippen molar-refractivity contribution in [1.82, 2.24) is 9.80 Å². The first kappa shape index (κ1) is 14.6. The van der Waals surface area contributed by atoms with Gasteiger partial charge in [-0.05, 0) is 17.9 Å². The van der Waals surface area contributed by atoms with E-state index in [1.54, 1.807) is 11.3 Å². The fourth-order valence-corrected chi connectivity index (χ4v) is 3.94.